The summed E-state index contributed by atoms with van der Waals surface area (Å²) in [5.41, 5.74) is 3.42. The lowest BCUT2D eigenvalue weighted by Crippen LogP contribution is -2.24. The standard InChI is InChI=1S/C17H16F3NO/c1-22-14-8-12-10-21-7-6-15(12)16(9-14)11-2-4-13(5-3-11)17(18,19)20/h2-5,8-9,21H,6-7,10H2,1H3. The van der Waals surface area contributed by atoms with Crippen LogP contribution in [-0.4, -0.2) is 13.7 Å². The van der Waals surface area contributed by atoms with E-state index < -0.39 is 11.7 Å². The van der Waals surface area contributed by atoms with E-state index in [0.717, 1.165) is 54.1 Å². The second-order valence-corrected chi connectivity index (χ2v) is 5.31. The molecule has 1 N–H and O–H groups in total. The van der Waals surface area contributed by atoms with E-state index >= 15 is 0 Å². The van der Waals surface area contributed by atoms with Crippen LogP contribution in [0.25, 0.3) is 11.1 Å². The van der Waals surface area contributed by atoms with Crippen LogP contribution in [0.4, 0.5) is 13.2 Å². The predicted octanol–water partition coefficient (Wildman–Crippen LogP) is 4.03. The molecule has 2 nitrogen and oxygen atoms in total. The van der Waals surface area contributed by atoms with Crippen LogP contribution in [-0.2, 0) is 19.1 Å². The van der Waals surface area contributed by atoms with Crippen LogP contribution in [0.2, 0.25) is 0 Å². The SMILES string of the molecule is COc1cc2c(c(-c3ccc(C(F)(F)F)cc3)c1)CCNC2. The minimum atomic E-state index is -4.31. The molecule has 0 spiro atoms. The maximum Gasteiger partial charge on any atom is 0.416 e. The first-order valence-electron chi connectivity index (χ1n) is 7.07. The molecule has 0 bridgehead atoms. The van der Waals surface area contributed by atoms with Crippen LogP contribution < -0.4 is 10.1 Å². The zero-order valence-corrected chi connectivity index (χ0v) is 12.1. The highest BCUT2D eigenvalue weighted by Crippen LogP contribution is 2.35. The zero-order valence-electron chi connectivity index (χ0n) is 12.1. The molecule has 3 rings (SSSR count). The van der Waals surface area contributed by atoms with E-state index in [1.165, 1.54) is 17.7 Å². The molecule has 0 radical (unpaired) electrons. The minimum absolute atomic E-state index is 0.630. The van der Waals surface area contributed by atoms with Crippen molar-refractivity contribution in [3.05, 3.63) is 53.1 Å². The highest BCUT2D eigenvalue weighted by atomic mass is 19.4. The molecule has 0 aliphatic carbocycles. The third-order valence-electron chi connectivity index (χ3n) is 3.94. The average Bonchev–Trinajstić information content (AvgIpc) is 2.53. The Morgan fingerprint density at radius 2 is 1.82 bits per heavy atom. The van der Waals surface area contributed by atoms with Crippen molar-refractivity contribution in [2.45, 2.75) is 19.1 Å². The number of methoxy groups -OCH3 is 1. The summed E-state index contributed by atoms with van der Waals surface area (Å²) in [5, 5.41) is 3.30. The molecule has 1 aliphatic rings. The second kappa shape index (κ2) is 5.65. The van der Waals surface area contributed by atoms with Gasteiger partial charge in [0.1, 0.15) is 5.75 Å². The number of alkyl halides is 3. The molecule has 0 atom stereocenters. The maximum absolute atomic E-state index is 12.7. The molecule has 0 amide bonds. The van der Waals surface area contributed by atoms with Crippen molar-refractivity contribution in [1.82, 2.24) is 5.32 Å². The molecule has 0 unspecified atom stereocenters. The predicted molar refractivity (Wildman–Crippen MR) is 78.8 cm³/mol. The number of halogens is 3. The molecule has 0 aromatic heterocycles. The van der Waals surface area contributed by atoms with E-state index in [1.54, 1.807) is 7.11 Å². The smallest absolute Gasteiger partial charge is 0.416 e. The van der Waals surface area contributed by atoms with E-state index in [9.17, 15) is 13.2 Å². The molecule has 5 heteroatoms. The number of fused-ring (bicyclic) bond motifs is 1. The summed E-state index contributed by atoms with van der Waals surface area (Å²) in [6.07, 6.45) is -3.45. The van der Waals surface area contributed by atoms with Gasteiger partial charge in [-0.1, -0.05) is 12.1 Å². The topological polar surface area (TPSA) is 21.3 Å². The van der Waals surface area contributed by atoms with Crippen LogP contribution in [0.1, 0.15) is 16.7 Å². The van der Waals surface area contributed by atoms with Crippen molar-refractivity contribution >= 4 is 0 Å². The molecule has 1 heterocycles. The molecule has 2 aromatic rings. The van der Waals surface area contributed by atoms with Gasteiger partial charge in [-0.05, 0) is 59.5 Å². The fourth-order valence-corrected chi connectivity index (χ4v) is 2.81. The number of hydrogen-bond acceptors (Lipinski definition) is 2. The Morgan fingerprint density at radius 3 is 2.45 bits per heavy atom. The van der Waals surface area contributed by atoms with E-state index in [1.807, 2.05) is 12.1 Å². The van der Waals surface area contributed by atoms with Crippen LogP contribution in [0.15, 0.2) is 36.4 Å². The molecule has 116 valence electrons. The third kappa shape index (κ3) is 2.81. The average molecular weight is 307 g/mol. The zero-order chi connectivity index (χ0) is 15.7. The van der Waals surface area contributed by atoms with E-state index in [2.05, 4.69) is 5.32 Å². The third-order valence-corrected chi connectivity index (χ3v) is 3.94. The lowest BCUT2D eigenvalue weighted by molar-refractivity contribution is -0.137. The number of ether oxygens (including phenoxy) is 1. The van der Waals surface area contributed by atoms with Crippen molar-refractivity contribution in [2.75, 3.05) is 13.7 Å². The molecular weight excluding hydrogens is 291 g/mol. The largest absolute Gasteiger partial charge is 0.497 e. The summed E-state index contributed by atoms with van der Waals surface area (Å²) in [5.74, 6) is 0.720. The van der Waals surface area contributed by atoms with Crippen molar-refractivity contribution in [3.8, 4) is 16.9 Å². The Labute approximate surface area is 126 Å². The fraction of sp³-hybridized carbons (Fsp3) is 0.294. The lowest BCUT2D eigenvalue weighted by Gasteiger charge is -2.22. The first-order chi connectivity index (χ1) is 10.5. The Morgan fingerprint density at radius 1 is 1.09 bits per heavy atom. The van der Waals surface area contributed by atoms with Gasteiger partial charge in [0.15, 0.2) is 0 Å². The molecule has 1 aliphatic heterocycles. The Balaban J connectivity index is 2.07. The summed E-state index contributed by atoms with van der Waals surface area (Å²) in [6, 6.07) is 9.19. The van der Waals surface area contributed by atoms with Gasteiger partial charge in [0.2, 0.25) is 0 Å². The molecule has 0 fully saturated rings. The van der Waals surface area contributed by atoms with Gasteiger partial charge in [-0.25, -0.2) is 0 Å². The number of hydrogen-bond donors (Lipinski definition) is 1. The van der Waals surface area contributed by atoms with Gasteiger partial charge in [-0.3, -0.25) is 0 Å². The molecule has 2 aromatic carbocycles. The van der Waals surface area contributed by atoms with Crippen molar-refractivity contribution in [3.63, 3.8) is 0 Å². The number of benzene rings is 2. The summed E-state index contributed by atoms with van der Waals surface area (Å²) < 4.78 is 43.4. The normalized spacial score (nSPS) is 14.5. The highest BCUT2D eigenvalue weighted by molar-refractivity contribution is 5.71. The summed E-state index contributed by atoms with van der Waals surface area (Å²) >= 11 is 0. The van der Waals surface area contributed by atoms with Gasteiger partial charge in [0.05, 0.1) is 12.7 Å². The van der Waals surface area contributed by atoms with Crippen molar-refractivity contribution in [2.24, 2.45) is 0 Å². The molecule has 22 heavy (non-hydrogen) atoms. The molecular formula is C17H16F3NO. The van der Waals surface area contributed by atoms with Gasteiger partial charge in [0, 0.05) is 6.54 Å². The highest BCUT2D eigenvalue weighted by Gasteiger charge is 2.30. The second-order valence-electron chi connectivity index (χ2n) is 5.31. The molecule has 0 saturated heterocycles. The maximum atomic E-state index is 12.7. The van der Waals surface area contributed by atoms with E-state index in [0.29, 0.717) is 0 Å². The van der Waals surface area contributed by atoms with Gasteiger partial charge >= 0.3 is 6.18 Å². The first-order valence-corrected chi connectivity index (χ1v) is 7.07. The van der Waals surface area contributed by atoms with Crippen LogP contribution >= 0.6 is 0 Å². The van der Waals surface area contributed by atoms with Gasteiger partial charge in [0.25, 0.3) is 0 Å². The van der Waals surface area contributed by atoms with E-state index in [-0.39, 0.29) is 0 Å². The minimum Gasteiger partial charge on any atom is -0.497 e. The van der Waals surface area contributed by atoms with Gasteiger partial charge < -0.3 is 10.1 Å². The fourth-order valence-electron chi connectivity index (χ4n) is 2.81. The van der Waals surface area contributed by atoms with E-state index in [4.69, 9.17) is 4.74 Å². The first kappa shape index (κ1) is 14.9. The number of rotatable bonds is 2. The van der Waals surface area contributed by atoms with Crippen molar-refractivity contribution < 1.29 is 17.9 Å². The quantitative estimate of drug-likeness (QED) is 0.904. The van der Waals surface area contributed by atoms with Crippen molar-refractivity contribution in [1.29, 1.82) is 0 Å². The monoisotopic (exact) mass is 307 g/mol. The lowest BCUT2D eigenvalue weighted by atomic mass is 9.90. The summed E-state index contributed by atoms with van der Waals surface area (Å²) in [7, 11) is 1.59. The van der Waals surface area contributed by atoms with Gasteiger partial charge in [-0.15, -0.1) is 0 Å². The van der Waals surface area contributed by atoms with Crippen LogP contribution in [0.5, 0.6) is 5.75 Å². The molecule has 0 saturated carbocycles. The summed E-state index contributed by atoms with van der Waals surface area (Å²) in [4.78, 5) is 0. The Kier molecular flexibility index (Phi) is 3.83. The van der Waals surface area contributed by atoms with Crippen LogP contribution in [0.3, 0.4) is 0 Å². The Hall–Kier alpha value is -2.01. The number of nitrogens with one attached hydrogen (secondary N) is 1. The Bertz CT molecular complexity index is 678. The summed E-state index contributed by atoms with van der Waals surface area (Å²) in [6.45, 7) is 1.62. The van der Waals surface area contributed by atoms with Gasteiger partial charge in [-0.2, -0.15) is 13.2 Å². The van der Waals surface area contributed by atoms with Crippen LogP contribution in [0, 0.1) is 0 Å².